The summed E-state index contributed by atoms with van der Waals surface area (Å²) < 4.78 is 18.7. The molecule has 1 saturated heterocycles. The number of methoxy groups -OCH3 is 1. The number of carbonyl (C=O) groups is 1. The lowest BCUT2D eigenvalue weighted by atomic mass is 9.95. The highest BCUT2D eigenvalue weighted by molar-refractivity contribution is 5.79. The van der Waals surface area contributed by atoms with Crippen LogP contribution in [0.3, 0.4) is 0 Å². The molecule has 1 aromatic carbocycles. The monoisotopic (exact) mass is 322 g/mol. The van der Waals surface area contributed by atoms with Crippen LogP contribution in [-0.4, -0.2) is 36.5 Å². The molecule has 1 atom stereocenters. The van der Waals surface area contributed by atoms with E-state index in [0.29, 0.717) is 6.54 Å². The van der Waals surface area contributed by atoms with E-state index in [1.807, 2.05) is 26.8 Å². The molecule has 0 aliphatic carbocycles. The number of hydrogen-bond acceptors (Lipinski definition) is 3. The van der Waals surface area contributed by atoms with Crippen LogP contribution in [0.2, 0.25) is 0 Å². The fourth-order valence-corrected chi connectivity index (χ4v) is 2.95. The Bertz CT molecular complexity index is 554. The van der Waals surface area contributed by atoms with E-state index < -0.39 is 0 Å². The Hall–Kier alpha value is -1.62. The molecule has 5 heteroatoms. The molecule has 0 saturated carbocycles. The van der Waals surface area contributed by atoms with Gasteiger partial charge in [-0.15, -0.1) is 0 Å². The predicted molar refractivity (Wildman–Crippen MR) is 88.8 cm³/mol. The molecule has 0 bridgehead atoms. The number of ether oxygens (including phenoxy) is 1. The standard InChI is InChI=1S/C18H27FN2O2/c1-18(2,3)20-17(22)14-6-5-9-21(12-14)11-13-7-8-16(23-4)15(19)10-13/h7-8,10,14H,5-6,9,11-12H2,1-4H3,(H,20,22). The van der Waals surface area contributed by atoms with E-state index in [4.69, 9.17) is 4.74 Å². The summed E-state index contributed by atoms with van der Waals surface area (Å²) in [6.45, 7) is 8.28. The van der Waals surface area contributed by atoms with Crippen LogP contribution in [0.25, 0.3) is 0 Å². The second-order valence-electron chi connectivity index (χ2n) is 7.28. The first-order valence-electron chi connectivity index (χ1n) is 8.15. The number of rotatable bonds is 4. The number of halogens is 1. The zero-order chi connectivity index (χ0) is 17.0. The summed E-state index contributed by atoms with van der Waals surface area (Å²) in [4.78, 5) is 14.6. The highest BCUT2D eigenvalue weighted by Crippen LogP contribution is 2.22. The summed E-state index contributed by atoms with van der Waals surface area (Å²) in [6.07, 6.45) is 1.90. The van der Waals surface area contributed by atoms with E-state index in [2.05, 4.69) is 10.2 Å². The average Bonchev–Trinajstić information content (AvgIpc) is 2.46. The summed E-state index contributed by atoms with van der Waals surface area (Å²) in [5.74, 6) is 0.0352. The Morgan fingerprint density at radius 2 is 2.17 bits per heavy atom. The first-order chi connectivity index (χ1) is 10.8. The maximum atomic E-state index is 13.8. The van der Waals surface area contributed by atoms with Crippen LogP contribution in [-0.2, 0) is 11.3 Å². The third-order valence-electron chi connectivity index (χ3n) is 4.00. The number of benzene rings is 1. The number of amides is 1. The Kier molecular flexibility index (Phi) is 5.63. The van der Waals surface area contributed by atoms with Crippen molar-refractivity contribution in [2.24, 2.45) is 5.92 Å². The van der Waals surface area contributed by atoms with E-state index in [0.717, 1.165) is 31.5 Å². The molecule has 0 aromatic heterocycles. The lowest BCUT2D eigenvalue weighted by Crippen LogP contribution is -2.48. The highest BCUT2D eigenvalue weighted by atomic mass is 19.1. The van der Waals surface area contributed by atoms with Gasteiger partial charge >= 0.3 is 0 Å². The first kappa shape index (κ1) is 17.7. The Labute approximate surface area is 138 Å². The molecule has 23 heavy (non-hydrogen) atoms. The molecule has 1 aliphatic heterocycles. The van der Waals surface area contributed by atoms with Gasteiger partial charge in [0.05, 0.1) is 13.0 Å². The van der Waals surface area contributed by atoms with Crippen molar-refractivity contribution >= 4 is 5.91 Å². The van der Waals surface area contributed by atoms with Crippen molar-refractivity contribution in [1.82, 2.24) is 10.2 Å². The topological polar surface area (TPSA) is 41.6 Å². The Morgan fingerprint density at radius 3 is 2.78 bits per heavy atom. The van der Waals surface area contributed by atoms with Crippen LogP contribution in [0.15, 0.2) is 18.2 Å². The number of nitrogens with one attached hydrogen (secondary N) is 1. The fourth-order valence-electron chi connectivity index (χ4n) is 2.95. The molecule has 0 spiro atoms. The van der Waals surface area contributed by atoms with E-state index in [-0.39, 0.29) is 28.9 Å². The van der Waals surface area contributed by atoms with Gasteiger partial charge in [-0.25, -0.2) is 4.39 Å². The molecule has 1 unspecified atom stereocenters. The number of carbonyl (C=O) groups excluding carboxylic acids is 1. The van der Waals surface area contributed by atoms with Crippen LogP contribution >= 0.6 is 0 Å². The summed E-state index contributed by atoms with van der Waals surface area (Å²) in [5, 5.41) is 3.06. The highest BCUT2D eigenvalue weighted by Gasteiger charge is 2.28. The molecule has 0 radical (unpaired) electrons. The number of nitrogens with zero attached hydrogens (tertiary/aromatic N) is 1. The summed E-state index contributed by atoms with van der Waals surface area (Å²) >= 11 is 0. The molecular weight excluding hydrogens is 295 g/mol. The molecule has 128 valence electrons. The summed E-state index contributed by atoms with van der Waals surface area (Å²) in [7, 11) is 1.46. The number of hydrogen-bond donors (Lipinski definition) is 1. The van der Waals surface area contributed by atoms with Crippen molar-refractivity contribution in [3.8, 4) is 5.75 Å². The van der Waals surface area contributed by atoms with Crippen molar-refractivity contribution in [2.45, 2.75) is 45.7 Å². The van der Waals surface area contributed by atoms with Gasteiger partial charge in [0, 0.05) is 18.6 Å². The van der Waals surface area contributed by atoms with E-state index in [1.165, 1.54) is 13.2 Å². The molecule has 1 heterocycles. The second-order valence-corrected chi connectivity index (χ2v) is 7.28. The van der Waals surface area contributed by atoms with Gasteiger partial charge in [-0.05, 0) is 57.9 Å². The minimum Gasteiger partial charge on any atom is -0.494 e. The van der Waals surface area contributed by atoms with Gasteiger partial charge < -0.3 is 10.1 Å². The van der Waals surface area contributed by atoms with Gasteiger partial charge in [-0.2, -0.15) is 0 Å². The smallest absolute Gasteiger partial charge is 0.224 e. The lowest BCUT2D eigenvalue weighted by Gasteiger charge is -2.33. The number of likely N-dealkylation sites (tertiary alicyclic amines) is 1. The quantitative estimate of drug-likeness (QED) is 0.926. The average molecular weight is 322 g/mol. The minimum absolute atomic E-state index is 0.00562. The van der Waals surface area contributed by atoms with Crippen molar-refractivity contribution in [3.05, 3.63) is 29.6 Å². The summed E-state index contributed by atoms with van der Waals surface area (Å²) in [5.41, 5.74) is 0.693. The maximum Gasteiger partial charge on any atom is 0.224 e. The van der Waals surface area contributed by atoms with Gasteiger partial charge in [0.1, 0.15) is 0 Å². The van der Waals surface area contributed by atoms with Crippen molar-refractivity contribution in [2.75, 3.05) is 20.2 Å². The van der Waals surface area contributed by atoms with Crippen molar-refractivity contribution in [3.63, 3.8) is 0 Å². The zero-order valence-electron chi connectivity index (χ0n) is 14.5. The zero-order valence-corrected chi connectivity index (χ0v) is 14.5. The van der Waals surface area contributed by atoms with E-state index >= 15 is 0 Å². The maximum absolute atomic E-state index is 13.8. The van der Waals surface area contributed by atoms with Gasteiger partial charge in [-0.3, -0.25) is 9.69 Å². The molecule has 1 fully saturated rings. The molecular formula is C18H27FN2O2. The van der Waals surface area contributed by atoms with Crippen LogP contribution in [0, 0.1) is 11.7 Å². The fraction of sp³-hybridized carbons (Fsp3) is 0.611. The largest absolute Gasteiger partial charge is 0.494 e. The molecule has 4 nitrogen and oxygen atoms in total. The first-order valence-corrected chi connectivity index (χ1v) is 8.15. The SMILES string of the molecule is COc1ccc(CN2CCCC(C(=O)NC(C)(C)C)C2)cc1F. The minimum atomic E-state index is -0.343. The van der Waals surface area contributed by atoms with Gasteiger partial charge in [0.25, 0.3) is 0 Å². The number of piperidine rings is 1. The molecule has 1 N–H and O–H groups in total. The molecule has 1 aromatic rings. The third-order valence-corrected chi connectivity index (χ3v) is 4.00. The van der Waals surface area contributed by atoms with Crippen LogP contribution in [0.4, 0.5) is 4.39 Å². The van der Waals surface area contributed by atoms with Crippen LogP contribution in [0.1, 0.15) is 39.2 Å². The second kappa shape index (κ2) is 7.30. The van der Waals surface area contributed by atoms with Crippen molar-refractivity contribution in [1.29, 1.82) is 0 Å². The third kappa shape index (κ3) is 5.20. The Balaban J connectivity index is 1.96. The van der Waals surface area contributed by atoms with E-state index in [1.54, 1.807) is 6.07 Å². The van der Waals surface area contributed by atoms with Crippen molar-refractivity contribution < 1.29 is 13.9 Å². The van der Waals surface area contributed by atoms with Crippen LogP contribution < -0.4 is 10.1 Å². The van der Waals surface area contributed by atoms with Crippen LogP contribution in [0.5, 0.6) is 5.75 Å². The predicted octanol–water partition coefficient (Wildman–Crippen LogP) is 2.96. The summed E-state index contributed by atoms with van der Waals surface area (Å²) in [6, 6.07) is 5.04. The van der Waals surface area contributed by atoms with Gasteiger partial charge in [0.2, 0.25) is 5.91 Å². The van der Waals surface area contributed by atoms with Gasteiger partial charge in [-0.1, -0.05) is 6.07 Å². The van der Waals surface area contributed by atoms with E-state index in [9.17, 15) is 9.18 Å². The molecule has 1 amide bonds. The molecule has 2 rings (SSSR count). The normalized spacial score (nSPS) is 19.4. The molecule has 1 aliphatic rings. The van der Waals surface area contributed by atoms with Gasteiger partial charge in [0.15, 0.2) is 11.6 Å². The Morgan fingerprint density at radius 1 is 1.43 bits per heavy atom. The lowest BCUT2D eigenvalue weighted by molar-refractivity contribution is -0.128.